The summed E-state index contributed by atoms with van der Waals surface area (Å²) in [5, 5.41) is 14.7. The maximum absolute atomic E-state index is 13.1. The average molecular weight is 450 g/mol. The molecule has 0 aliphatic heterocycles. The van der Waals surface area contributed by atoms with Gasteiger partial charge in [0.15, 0.2) is 0 Å². The molecule has 32 heavy (non-hydrogen) atoms. The number of aromatic nitrogens is 1. The molecule has 0 bridgehead atoms. The van der Waals surface area contributed by atoms with Gasteiger partial charge < -0.3 is 9.88 Å². The van der Waals surface area contributed by atoms with Gasteiger partial charge in [-0.3, -0.25) is 14.9 Å². The first-order valence-corrected chi connectivity index (χ1v) is 11.0. The predicted octanol–water partition coefficient (Wildman–Crippen LogP) is 5.41. The van der Waals surface area contributed by atoms with Gasteiger partial charge in [0.2, 0.25) is 0 Å². The quantitative estimate of drug-likeness (QED) is 0.222. The van der Waals surface area contributed by atoms with E-state index in [4.69, 9.17) is 0 Å². The Morgan fingerprint density at radius 2 is 1.75 bits per heavy atom. The number of para-hydroxylation sites is 1. The first kappa shape index (κ1) is 21.6. The van der Waals surface area contributed by atoms with E-state index in [1.165, 1.54) is 36.4 Å². The number of non-ortho nitro benzene ring substituents is 1. The minimum Gasteiger partial charge on any atom is -0.350 e. The van der Waals surface area contributed by atoms with Crippen LogP contribution in [-0.2, 0) is 12.3 Å². The van der Waals surface area contributed by atoms with Crippen LogP contribution in [0, 0.1) is 15.9 Å². The number of nitro groups is 1. The Balaban J connectivity index is 1.41. The van der Waals surface area contributed by atoms with Gasteiger partial charge in [0.25, 0.3) is 11.6 Å². The van der Waals surface area contributed by atoms with Gasteiger partial charge in [0.05, 0.1) is 4.92 Å². The van der Waals surface area contributed by atoms with Gasteiger partial charge in [-0.1, -0.05) is 30.3 Å². The number of fused-ring (bicyclic) bond motifs is 1. The summed E-state index contributed by atoms with van der Waals surface area (Å²) < 4.78 is 15.2. The van der Waals surface area contributed by atoms with Crippen LogP contribution in [0.2, 0.25) is 0 Å². The molecular weight excluding hydrogens is 429 g/mol. The van der Waals surface area contributed by atoms with Crippen LogP contribution in [0.1, 0.15) is 15.9 Å². The standard InChI is InChI=1S/C24H20FN3O3S/c25-19-9-5-17(6-10-19)16-32-23-15-27(22-4-2-1-3-21(22)23)14-13-26-24(29)18-7-11-20(12-8-18)28(30)31/h1-12,15H,13-14,16H2,(H,26,29). The van der Waals surface area contributed by atoms with Crippen molar-refractivity contribution in [3.05, 3.63) is 106 Å². The molecule has 0 fully saturated rings. The lowest BCUT2D eigenvalue weighted by Gasteiger charge is -2.07. The Morgan fingerprint density at radius 1 is 1.03 bits per heavy atom. The second kappa shape index (κ2) is 9.65. The van der Waals surface area contributed by atoms with Crippen molar-refractivity contribution in [2.24, 2.45) is 0 Å². The Labute approximate surface area is 188 Å². The van der Waals surface area contributed by atoms with Crippen molar-refractivity contribution in [2.75, 3.05) is 6.54 Å². The third-order valence-electron chi connectivity index (χ3n) is 5.04. The van der Waals surface area contributed by atoms with E-state index in [0.717, 1.165) is 27.1 Å². The van der Waals surface area contributed by atoms with E-state index in [-0.39, 0.29) is 17.4 Å². The molecule has 3 aromatic carbocycles. The highest BCUT2D eigenvalue weighted by Crippen LogP contribution is 2.32. The first-order chi connectivity index (χ1) is 15.5. The van der Waals surface area contributed by atoms with Crippen molar-refractivity contribution < 1.29 is 14.1 Å². The van der Waals surface area contributed by atoms with E-state index in [0.29, 0.717) is 18.7 Å². The van der Waals surface area contributed by atoms with E-state index in [2.05, 4.69) is 22.1 Å². The molecule has 8 heteroatoms. The number of thioether (sulfide) groups is 1. The molecule has 0 atom stereocenters. The number of nitrogens with one attached hydrogen (secondary N) is 1. The molecule has 0 saturated carbocycles. The fraction of sp³-hybridized carbons (Fsp3) is 0.125. The Morgan fingerprint density at radius 3 is 2.47 bits per heavy atom. The summed E-state index contributed by atoms with van der Waals surface area (Å²) >= 11 is 1.68. The summed E-state index contributed by atoms with van der Waals surface area (Å²) in [4.78, 5) is 23.7. The van der Waals surface area contributed by atoms with Gasteiger partial charge in [-0.2, -0.15) is 0 Å². The molecule has 1 N–H and O–H groups in total. The number of rotatable bonds is 8. The fourth-order valence-corrected chi connectivity index (χ4v) is 4.43. The Kier molecular flexibility index (Phi) is 6.51. The lowest BCUT2D eigenvalue weighted by Crippen LogP contribution is -2.27. The number of benzene rings is 3. The zero-order valence-electron chi connectivity index (χ0n) is 17.0. The summed E-state index contributed by atoms with van der Waals surface area (Å²) in [5.41, 5.74) is 2.44. The van der Waals surface area contributed by atoms with Gasteiger partial charge >= 0.3 is 0 Å². The molecule has 1 aromatic heterocycles. The van der Waals surface area contributed by atoms with E-state index in [9.17, 15) is 19.3 Å². The van der Waals surface area contributed by atoms with Crippen LogP contribution < -0.4 is 5.32 Å². The fourth-order valence-electron chi connectivity index (χ4n) is 3.38. The van der Waals surface area contributed by atoms with E-state index >= 15 is 0 Å². The summed E-state index contributed by atoms with van der Waals surface area (Å²) in [7, 11) is 0. The highest BCUT2D eigenvalue weighted by Gasteiger charge is 2.11. The number of nitro benzene ring substituents is 1. The monoisotopic (exact) mass is 449 g/mol. The van der Waals surface area contributed by atoms with Crippen molar-refractivity contribution in [1.82, 2.24) is 9.88 Å². The van der Waals surface area contributed by atoms with Crippen LogP contribution in [0.5, 0.6) is 0 Å². The summed E-state index contributed by atoms with van der Waals surface area (Å²) in [5.74, 6) is 0.207. The third-order valence-corrected chi connectivity index (χ3v) is 6.15. The van der Waals surface area contributed by atoms with Gasteiger partial charge in [0.1, 0.15) is 5.82 Å². The van der Waals surface area contributed by atoms with Gasteiger partial charge in [-0.05, 0) is 35.9 Å². The van der Waals surface area contributed by atoms with Crippen molar-refractivity contribution in [3.8, 4) is 0 Å². The lowest BCUT2D eigenvalue weighted by molar-refractivity contribution is -0.384. The Hall–Kier alpha value is -3.65. The molecule has 0 unspecified atom stereocenters. The third kappa shape index (κ3) is 4.97. The van der Waals surface area contributed by atoms with Crippen LogP contribution in [-0.4, -0.2) is 21.9 Å². The molecule has 1 amide bonds. The van der Waals surface area contributed by atoms with Gasteiger partial charge in [0, 0.05) is 58.5 Å². The van der Waals surface area contributed by atoms with Crippen molar-refractivity contribution in [2.45, 2.75) is 17.2 Å². The first-order valence-electron chi connectivity index (χ1n) is 9.99. The SMILES string of the molecule is O=C(NCCn1cc(SCc2ccc(F)cc2)c2ccccc21)c1ccc([N+](=O)[O-])cc1. The van der Waals surface area contributed by atoms with Gasteiger partial charge in [-0.15, -0.1) is 11.8 Å². The average Bonchev–Trinajstić information content (AvgIpc) is 3.16. The molecule has 4 rings (SSSR count). The Bertz CT molecular complexity index is 1250. The van der Waals surface area contributed by atoms with Crippen LogP contribution in [0.3, 0.4) is 0 Å². The summed E-state index contributed by atoms with van der Waals surface area (Å²) in [6.45, 7) is 0.993. The zero-order valence-corrected chi connectivity index (χ0v) is 17.8. The van der Waals surface area contributed by atoms with Gasteiger partial charge in [-0.25, -0.2) is 4.39 Å². The summed E-state index contributed by atoms with van der Waals surface area (Å²) in [6.07, 6.45) is 2.07. The summed E-state index contributed by atoms with van der Waals surface area (Å²) in [6, 6.07) is 20.1. The maximum atomic E-state index is 13.1. The normalized spacial score (nSPS) is 10.9. The number of nitrogens with zero attached hydrogens (tertiary/aromatic N) is 2. The van der Waals surface area contributed by atoms with Crippen molar-refractivity contribution >= 4 is 34.3 Å². The van der Waals surface area contributed by atoms with E-state index in [1.54, 1.807) is 23.9 Å². The lowest BCUT2D eigenvalue weighted by atomic mass is 10.2. The zero-order chi connectivity index (χ0) is 22.5. The second-order valence-corrected chi connectivity index (χ2v) is 8.20. The number of carbonyl (C=O) groups excluding carboxylic acids is 1. The molecule has 0 aliphatic carbocycles. The number of carbonyl (C=O) groups is 1. The van der Waals surface area contributed by atoms with Crippen molar-refractivity contribution in [1.29, 1.82) is 0 Å². The minimum absolute atomic E-state index is 0.0500. The van der Waals surface area contributed by atoms with E-state index in [1.807, 2.05) is 18.2 Å². The van der Waals surface area contributed by atoms with Crippen LogP contribution in [0.15, 0.2) is 83.9 Å². The molecule has 4 aromatic rings. The molecule has 0 saturated heterocycles. The highest BCUT2D eigenvalue weighted by atomic mass is 32.2. The topological polar surface area (TPSA) is 77.2 Å². The smallest absolute Gasteiger partial charge is 0.269 e. The highest BCUT2D eigenvalue weighted by molar-refractivity contribution is 7.98. The number of hydrogen-bond acceptors (Lipinski definition) is 4. The second-order valence-electron chi connectivity index (χ2n) is 7.18. The molecule has 0 radical (unpaired) electrons. The predicted molar refractivity (Wildman–Crippen MR) is 123 cm³/mol. The number of hydrogen-bond donors (Lipinski definition) is 1. The molecule has 6 nitrogen and oxygen atoms in total. The van der Waals surface area contributed by atoms with E-state index < -0.39 is 4.92 Å². The van der Waals surface area contributed by atoms with Crippen LogP contribution in [0.25, 0.3) is 10.9 Å². The minimum atomic E-state index is -0.496. The molecular formula is C24H20FN3O3S. The van der Waals surface area contributed by atoms with Crippen LogP contribution in [0.4, 0.5) is 10.1 Å². The molecule has 162 valence electrons. The van der Waals surface area contributed by atoms with Crippen molar-refractivity contribution in [3.63, 3.8) is 0 Å². The molecule has 0 spiro atoms. The number of amides is 1. The number of halogens is 1. The molecule has 0 aliphatic rings. The van der Waals surface area contributed by atoms with Crippen LogP contribution >= 0.6 is 11.8 Å². The largest absolute Gasteiger partial charge is 0.350 e. The maximum Gasteiger partial charge on any atom is 0.269 e. The molecule has 1 heterocycles.